The van der Waals surface area contributed by atoms with E-state index < -0.39 is 0 Å². The quantitative estimate of drug-likeness (QED) is 0.547. The van der Waals surface area contributed by atoms with Crippen molar-refractivity contribution in [2.75, 3.05) is 7.11 Å². The summed E-state index contributed by atoms with van der Waals surface area (Å²) in [5.74, 6) is 0.487. The number of ketones is 2. The number of allylic oxidation sites excluding steroid dienone is 1. The third-order valence-corrected chi connectivity index (χ3v) is 7.88. The lowest BCUT2D eigenvalue weighted by Crippen LogP contribution is -2.58. The van der Waals surface area contributed by atoms with Gasteiger partial charge in [-0.1, -0.05) is 13.5 Å². The van der Waals surface area contributed by atoms with Gasteiger partial charge in [0.2, 0.25) is 0 Å². The maximum absolute atomic E-state index is 13.0. The van der Waals surface area contributed by atoms with Crippen LogP contribution in [0.25, 0.3) is 0 Å². The van der Waals surface area contributed by atoms with Crippen molar-refractivity contribution in [2.24, 2.45) is 34.5 Å². The van der Waals surface area contributed by atoms with Gasteiger partial charge in [0.1, 0.15) is 5.78 Å². The van der Waals surface area contributed by atoms with Crippen molar-refractivity contribution < 1.29 is 19.1 Å². The summed E-state index contributed by atoms with van der Waals surface area (Å²) in [6, 6.07) is 0. The van der Waals surface area contributed by atoms with Gasteiger partial charge in [-0.15, -0.1) is 0 Å². The summed E-state index contributed by atoms with van der Waals surface area (Å²) in [6.07, 6.45) is 5.37. The summed E-state index contributed by atoms with van der Waals surface area (Å²) >= 11 is 0. The molecule has 4 fully saturated rings. The summed E-state index contributed by atoms with van der Waals surface area (Å²) < 4.78 is 4.99. The van der Waals surface area contributed by atoms with E-state index in [-0.39, 0.29) is 46.1 Å². The number of esters is 1. The maximum Gasteiger partial charge on any atom is 0.309 e. The number of carbonyl (C=O) groups excluding carboxylic acids is 3. The Morgan fingerprint density at radius 2 is 2.00 bits per heavy atom. The van der Waals surface area contributed by atoms with Crippen LogP contribution in [0.1, 0.15) is 51.9 Å². The number of methoxy groups -OCH3 is 1. The molecular formula is C20H26O4. The second kappa shape index (κ2) is 5.03. The fraction of sp³-hybridized carbons (Fsp3) is 0.750. The molecule has 130 valence electrons. The van der Waals surface area contributed by atoms with E-state index in [9.17, 15) is 14.4 Å². The second-order valence-corrected chi connectivity index (χ2v) is 8.74. The molecule has 0 amide bonds. The molecule has 6 atom stereocenters. The molecule has 24 heavy (non-hydrogen) atoms. The summed E-state index contributed by atoms with van der Waals surface area (Å²) in [7, 11) is 1.40. The number of rotatable bonds is 1. The molecule has 0 aromatic heterocycles. The van der Waals surface area contributed by atoms with E-state index in [0.29, 0.717) is 18.8 Å². The van der Waals surface area contributed by atoms with Gasteiger partial charge in [-0.3, -0.25) is 14.4 Å². The molecule has 4 aliphatic rings. The monoisotopic (exact) mass is 330 g/mol. The minimum absolute atomic E-state index is 0.146. The van der Waals surface area contributed by atoms with Gasteiger partial charge in [0.05, 0.1) is 13.0 Å². The van der Waals surface area contributed by atoms with Crippen LogP contribution in [0.5, 0.6) is 0 Å². The minimum Gasteiger partial charge on any atom is -0.469 e. The van der Waals surface area contributed by atoms with Crippen LogP contribution in [0.2, 0.25) is 0 Å². The Balaban J connectivity index is 1.77. The zero-order chi connectivity index (χ0) is 17.3. The van der Waals surface area contributed by atoms with Crippen molar-refractivity contribution in [3.8, 4) is 0 Å². The molecule has 2 bridgehead atoms. The first-order valence-corrected chi connectivity index (χ1v) is 9.16. The van der Waals surface area contributed by atoms with Crippen LogP contribution in [-0.2, 0) is 19.1 Å². The Morgan fingerprint density at radius 3 is 2.71 bits per heavy atom. The fourth-order valence-electron chi connectivity index (χ4n) is 6.93. The first-order valence-electron chi connectivity index (χ1n) is 9.16. The highest BCUT2D eigenvalue weighted by atomic mass is 16.5. The first-order chi connectivity index (χ1) is 11.3. The third kappa shape index (κ3) is 1.83. The molecular weight excluding hydrogens is 304 g/mol. The van der Waals surface area contributed by atoms with Crippen molar-refractivity contribution in [3.05, 3.63) is 12.2 Å². The molecule has 4 nitrogen and oxygen atoms in total. The van der Waals surface area contributed by atoms with Crippen LogP contribution in [-0.4, -0.2) is 24.6 Å². The number of ether oxygens (including phenoxy) is 1. The Bertz CT molecular complexity index is 650. The highest BCUT2D eigenvalue weighted by molar-refractivity contribution is 6.03. The summed E-state index contributed by atoms with van der Waals surface area (Å²) in [4.78, 5) is 37.8. The van der Waals surface area contributed by atoms with Crippen molar-refractivity contribution in [2.45, 2.75) is 51.9 Å². The van der Waals surface area contributed by atoms with Crippen molar-refractivity contribution in [1.29, 1.82) is 0 Å². The van der Waals surface area contributed by atoms with Crippen LogP contribution in [0.15, 0.2) is 12.2 Å². The van der Waals surface area contributed by atoms with E-state index in [2.05, 4.69) is 13.5 Å². The van der Waals surface area contributed by atoms with Gasteiger partial charge in [-0.05, 0) is 60.8 Å². The van der Waals surface area contributed by atoms with E-state index in [1.54, 1.807) is 0 Å². The van der Waals surface area contributed by atoms with E-state index in [0.717, 1.165) is 37.7 Å². The van der Waals surface area contributed by atoms with Crippen molar-refractivity contribution in [1.82, 2.24) is 0 Å². The van der Waals surface area contributed by atoms with Crippen LogP contribution < -0.4 is 0 Å². The number of carbonyl (C=O) groups is 3. The lowest BCUT2D eigenvalue weighted by atomic mass is 9.43. The number of hydrogen-bond acceptors (Lipinski definition) is 4. The van der Waals surface area contributed by atoms with E-state index >= 15 is 0 Å². The molecule has 0 saturated heterocycles. The predicted molar refractivity (Wildman–Crippen MR) is 88.0 cm³/mol. The molecule has 4 rings (SSSR count). The zero-order valence-corrected chi connectivity index (χ0v) is 14.6. The molecule has 1 spiro atoms. The minimum atomic E-state index is -0.337. The van der Waals surface area contributed by atoms with Gasteiger partial charge in [0.15, 0.2) is 5.78 Å². The second-order valence-electron chi connectivity index (χ2n) is 8.74. The standard InChI is InChI=1S/C20H26O4/c1-11-12-4-5-16-19(2)10-13(21)8-14(18(23)24-3)15(19)6-7-20(16,9-12)17(11)22/h12,14-16H,1,4-10H2,2-3H3/t12-,14+,15+,16-,19+,20+/m0/s1. The molecule has 0 aliphatic heterocycles. The van der Waals surface area contributed by atoms with Gasteiger partial charge in [0.25, 0.3) is 0 Å². The first kappa shape index (κ1) is 16.0. The summed E-state index contributed by atoms with van der Waals surface area (Å²) in [5, 5.41) is 0. The predicted octanol–water partition coefficient (Wildman–Crippen LogP) is 3.10. The zero-order valence-electron chi connectivity index (χ0n) is 14.6. The van der Waals surface area contributed by atoms with Gasteiger partial charge < -0.3 is 4.74 Å². The van der Waals surface area contributed by atoms with Crippen molar-refractivity contribution >= 4 is 17.5 Å². The Kier molecular flexibility index (Phi) is 3.36. The van der Waals surface area contributed by atoms with Crippen LogP contribution >= 0.6 is 0 Å². The highest BCUT2D eigenvalue weighted by Crippen LogP contribution is 2.69. The number of Topliss-reactive ketones (excluding diaryl/α,β-unsaturated/α-hetero) is 2. The molecule has 0 heterocycles. The van der Waals surface area contributed by atoms with E-state index in [4.69, 9.17) is 4.74 Å². The van der Waals surface area contributed by atoms with Gasteiger partial charge in [-0.25, -0.2) is 0 Å². The maximum atomic E-state index is 13.0. The number of fused-ring (bicyclic) bond motifs is 3. The van der Waals surface area contributed by atoms with Crippen LogP contribution in [0.3, 0.4) is 0 Å². The molecule has 0 aromatic carbocycles. The van der Waals surface area contributed by atoms with E-state index in [1.807, 2.05) is 0 Å². The lowest BCUT2D eigenvalue weighted by molar-refractivity contribution is -0.172. The summed E-state index contributed by atoms with van der Waals surface area (Å²) in [6.45, 7) is 6.23. The van der Waals surface area contributed by atoms with Gasteiger partial charge in [0, 0.05) is 18.3 Å². The highest BCUT2D eigenvalue weighted by Gasteiger charge is 2.66. The van der Waals surface area contributed by atoms with Crippen LogP contribution in [0.4, 0.5) is 0 Å². The molecule has 0 radical (unpaired) electrons. The summed E-state index contributed by atoms with van der Waals surface area (Å²) in [5.41, 5.74) is 0.229. The molecule has 4 saturated carbocycles. The Labute approximate surface area is 143 Å². The normalized spacial score (nSPS) is 47.2. The topological polar surface area (TPSA) is 60.4 Å². The Morgan fingerprint density at radius 1 is 1.25 bits per heavy atom. The SMILES string of the molecule is C=C1C(=O)[C@@]23CC[C@@H]4[C@H](C(=O)OC)CC(=O)C[C@@]4(C)[C@@H]2CC[C@H]1C3. The molecule has 4 heteroatoms. The van der Waals surface area contributed by atoms with E-state index in [1.165, 1.54) is 7.11 Å². The fourth-order valence-corrected chi connectivity index (χ4v) is 6.93. The molecule has 0 unspecified atom stereocenters. The average molecular weight is 330 g/mol. The average Bonchev–Trinajstić information content (AvgIpc) is 2.73. The Hall–Kier alpha value is -1.45. The van der Waals surface area contributed by atoms with Gasteiger partial charge in [-0.2, -0.15) is 0 Å². The van der Waals surface area contributed by atoms with Crippen molar-refractivity contribution in [3.63, 3.8) is 0 Å². The molecule has 0 aromatic rings. The third-order valence-electron chi connectivity index (χ3n) is 7.88. The van der Waals surface area contributed by atoms with Gasteiger partial charge >= 0.3 is 5.97 Å². The largest absolute Gasteiger partial charge is 0.469 e. The molecule has 0 N–H and O–H groups in total. The lowest BCUT2D eigenvalue weighted by Gasteiger charge is -2.59. The smallest absolute Gasteiger partial charge is 0.309 e. The molecule has 4 aliphatic carbocycles. The van der Waals surface area contributed by atoms with Crippen LogP contribution in [0, 0.1) is 34.5 Å². The number of hydrogen-bond donors (Lipinski definition) is 0.